The van der Waals surface area contributed by atoms with E-state index >= 15 is 0 Å². The van der Waals surface area contributed by atoms with E-state index in [1.807, 2.05) is 45.0 Å². The molecule has 0 saturated carbocycles. The van der Waals surface area contributed by atoms with Crippen molar-refractivity contribution in [2.75, 3.05) is 6.61 Å². The van der Waals surface area contributed by atoms with Crippen molar-refractivity contribution in [1.82, 2.24) is 10.6 Å². The number of fused-ring (bicyclic) bond motifs is 3. The minimum absolute atomic E-state index is 0.0322. The summed E-state index contributed by atoms with van der Waals surface area (Å²) in [5, 5.41) is 14.6. The summed E-state index contributed by atoms with van der Waals surface area (Å²) in [4.78, 5) is 36.0. The summed E-state index contributed by atoms with van der Waals surface area (Å²) in [6.07, 6.45) is -0.153. The number of carbonyl (C=O) groups excluding carboxylic acids is 2. The molecule has 34 heavy (non-hydrogen) atoms. The van der Waals surface area contributed by atoms with Crippen molar-refractivity contribution in [3.8, 4) is 11.1 Å². The Balaban J connectivity index is 1.51. The van der Waals surface area contributed by atoms with Gasteiger partial charge in [-0.05, 0) is 41.0 Å². The lowest BCUT2D eigenvalue weighted by Gasteiger charge is -2.26. The second-order valence-corrected chi connectivity index (χ2v) is 10.2. The first kappa shape index (κ1) is 25.3. The fourth-order valence-corrected chi connectivity index (χ4v) is 4.58. The van der Waals surface area contributed by atoms with Gasteiger partial charge < -0.3 is 20.5 Å². The molecule has 2 unspecified atom stereocenters. The van der Waals surface area contributed by atoms with E-state index < -0.39 is 24.1 Å². The molecule has 0 bridgehead atoms. The van der Waals surface area contributed by atoms with Crippen LogP contribution >= 0.6 is 0 Å². The number of nitrogens with one attached hydrogen (secondary N) is 2. The third-order valence-corrected chi connectivity index (χ3v) is 5.84. The topological polar surface area (TPSA) is 105 Å². The summed E-state index contributed by atoms with van der Waals surface area (Å²) in [5.41, 5.74) is 4.45. The normalized spacial score (nSPS) is 14.5. The van der Waals surface area contributed by atoms with Gasteiger partial charge in [0, 0.05) is 24.4 Å². The number of hydrogen-bond donors (Lipinski definition) is 3. The molecule has 0 aromatic heterocycles. The molecular formula is C27H34N2O5. The first-order chi connectivity index (χ1) is 16.0. The van der Waals surface area contributed by atoms with Gasteiger partial charge in [0.2, 0.25) is 5.91 Å². The van der Waals surface area contributed by atoms with E-state index in [9.17, 15) is 14.4 Å². The molecular weight excluding hydrogens is 432 g/mol. The van der Waals surface area contributed by atoms with Crippen LogP contribution in [-0.4, -0.2) is 41.8 Å². The number of aliphatic carboxylic acids is 1. The number of carboxylic acid groups (broad SMARTS) is 1. The Morgan fingerprint density at radius 1 is 0.941 bits per heavy atom. The fraction of sp³-hybridized carbons (Fsp3) is 0.444. The van der Waals surface area contributed by atoms with Crippen LogP contribution in [0.5, 0.6) is 0 Å². The highest BCUT2D eigenvalue weighted by atomic mass is 16.5. The summed E-state index contributed by atoms with van der Waals surface area (Å²) in [5.74, 6) is -1.30. The van der Waals surface area contributed by atoms with Crippen molar-refractivity contribution in [2.24, 2.45) is 5.41 Å². The van der Waals surface area contributed by atoms with Gasteiger partial charge in [0.1, 0.15) is 6.61 Å². The molecule has 0 aliphatic heterocycles. The van der Waals surface area contributed by atoms with Crippen molar-refractivity contribution < 1.29 is 24.2 Å². The van der Waals surface area contributed by atoms with Gasteiger partial charge in [-0.2, -0.15) is 0 Å². The molecule has 182 valence electrons. The van der Waals surface area contributed by atoms with Gasteiger partial charge in [-0.1, -0.05) is 69.3 Å². The molecule has 3 N–H and O–H groups in total. The minimum atomic E-state index is -0.959. The number of ether oxygens (including phenoxy) is 1. The Bertz CT molecular complexity index is 998. The quantitative estimate of drug-likeness (QED) is 0.497. The summed E-state index contributed by atoms with van der Waals surface area (Å²) in [7, 11) is 0. The van der Waals surface area contributed by atoms with Crippen LogP contribution in [0, 0.1) is 5.41 Å². The lowest BCUT2D eigenvalue weighted by molar-refractivity contribution is -0.137. The molecule has 1 aliphatic carbocycles. The predicted molar refractivity (Wildman–Crippen MR) is 131 cm³/mol. The minimum Gasteiger partial charge on any atom is -0.481 e. The van der Waals surface area contributed by atoms with Gasteiger partial charge in [0.05, 0.1) is 6.42 Å². The molecule has 0 spiro atoms. The molecule has 0 saturated heterocycles. The largest absolute Gasteiger partial charge is 0.481 e. The number of amides is 2. The first-order valence-corrected chi connectivity index (χ1v) is 11.7. The Morgan fingerprint density at radius 3 is 2.03 bits per heavy atom. The van der Waals surface area contributed by atoms with E-state index in [1.54, 1.807) is 6.92 Å². The van der Waals surface area contributed by atoms with E-state index in [-0.39, 0.29) is 36.7 Å². The van der Waals surface area contributed by atoms with Gasteiger partial charge >= 0.3 is 12.1 Å². The molecule has 7 heteroatoms. The van der Waals surface area contributed by atoms with Crippen molar-refractivity contribution in [1.29, 1.82) is 0 Å². The highest BCUT2D eigenvalue weighted by molar-refractivity contribution is 5.80. The van der Waals surface area contributed by atoms with E-state index in [0.717, 1.165) is 22.3 Å². The molecule has 1 aliphatic rings. The van der Waals surface area contributed by atoms with Crippen LogP contribution in [0.2, 0.25) is 0 Å². The summed E-state index contributed by atoms with van der Waals surface area (Å²) < 4.78 is 5.53. The van der Waals surface area contributed by atoms with E-state index in [2.05, 4.69) is 34.9 Å². The third-order valence-electron chi connectivity index (χ3n) is 5.84. The number of alkyl carbamates (subject to hydrolysis) is 1. The standard InChI is InChI=1S/C27H34N2O5/c1-17(13-24(30)29-18(14-25(31)32)15-27(2,3)4)28-26(33)34-16-23-21-11-7-5-9-19(21)20-10-6-8-12-22(20)23/h5-12,17-18,23H,13-16H2,1-4H3,(H,28,33)(H,29,30)(H,31,32). The Labute approximate surface area is 200 Å². The molecule has 0 heterocycles. The zero-order chi connectivity index (χ0) is 24.9. The monoisotopic (exact) mass is 466 g/mol. The van der Waals surface area contributed by atoms with Crippen LogP contribution < -0.4 is 10.6 Å². The molecule has 3 rings (SSSR count). The van der Waals surface area contributed by atoms with Gasteiger partial charge in [-0.3, -0.25) is 9.59 Å². The molecule has 2 aromatic rings. The van der Waals surface area contributed by atoms with Gasteiger partial charge in [0.15, 0.2) is 0 Å². The average Bonchev–Trinajstić information content (AvgIpc) is 3.04. The highest BCUT2D eigenvalue weighted by Crippen LogP contribution is 2.44. The van der Waals surface area contributed by atoms with Crippen LogP contribution in [0.25, 0.3) is 11.1 Å². The van der Waals surface area contributed by atoms with Crippen molar-refractivity contribution in [3.05, 3.63) is 59.7 Å². The zero-order valence-electron chi connectivity index (χ0n) is 20.3. The number of rotatable bonds is 9. The predicted octanol–water partition coefficient (Wildman–Crippen LogP) is 4.70. The van der Waals surface area contributed by atoms with Gasteiger partial charge in [0.25, 0.3) is 0 Å². The zero-order valence-corrected chi connectivity index (χ0v) is 20.3. The van der Waals surface area contributed by atoms with Crippen molar-refractivity contribution in [3.63, 3.8) is 0 Å². The van der Waals surface area contributed by atoms with E-state index in [4.69, 9.17) is 9.84 Å². The van der Waals surface area contributed by atoms with E-state index in [1.165, 1.54) is 0 Å². The highest BCUT2D eigenvalue weighted by Gasteiger charge is 2.29. The van der Waals surface area contributed by atoms with Gasteiger partial charge in [-0.15, -0.1) is 0 Å². The molecule has 2 atom stereocenters. The number of carboxylic acids is 1. The Hall–Kier alpha value is -3.35. The SMILES string of the molecule is CC(CC(=O)NC(CC(=O)O)CC(C)(C)C)NC(=O)OCC1c2ccccc2-c2ccccc21. The maximum absolute atomic E-state index is 12.5. The second-order valence-electron chi connectivity index (χ2n) is 10.2. The maximum Gasteiger partial charge on any atom is 0.407 e. The molecule has 2 amide bonds. The number of hydrogen-bond acceptors (Lipinski definition) is 4. The molecule has 2 aromatic carbocycles. The average molecular weight is 467 g/mol. The molecule has 0 radical (unpaired) electrons. The lowest BCUT2D eigenvalue weighted by Crippen LogP contribution is -2.43. The van der Waals surface area contributed by atoms with Crippen molar-refractivity contribution in [2.45, 2.75) is 65.0 Å². The number of carbonyl (C=O) groups is 3. The lowest BCUT2D eigenvalue weighted by atomic mass is 9.87. The van der Waals surface area contributed by atoms with Crippen LogP contribution in [0.3, 0.4) is 0 Å². The molecule has 0 fully saturated rings. The third kappa shape index (κ3) is 6.83. The summed E-state index contributed by atoms with van der Waals surface area (Å²) in [6, 6.07) is 15.3. The van der Waals surface area contributed by atoms with Crippen LogP contribution in [0.15, 0.2) is 48.5 Å². The Morgan fingerprint density at radius 2 is 1.50 bits per heavy atom. The van der Waals surface area contributed by atoms with Crippen LogP contribution in [0.4, 0.5) is 4.79 Å². The molecule has 7 nitrogen and oxygen atoms in total. The number of benzene rings is 2. The van der Waals surface area contributed by atoms with Gasteiger partial charge in [-0.25, -0.2) is 4.79 Å². The van der Waals surface area contributed by atoms with E-state index in [0.29, 0.717) is 6.42 Å². The fourth-order valence-electron chi connectivity index (χ4n) is 4.58. The maximum atomic E-state index is 12.5. The smallest absolute Gasteiger partial charge is 0.407 e. The van der Waals surface area contributed by atoms with Crippen LogP contribution in [-0.2, 0) is 14.3 Å². The first-order valence-electron chi connectivity index (χ1n) is 11.7. The van der Waals surface area contributed by atoms with Crippen molar-refractivity contribution >= 4 is 18.0 Å². The summed E-state index contributed by atoms with van der Waals surface area (Å²) >= 11 is 0. The van der Waals surface area contributed by atoms with Crippen LogP contribution in [0.1, 0.15) is 64.0 Å². The Kier molecular flexibility index (Phi) is 7.97. The second kappa shape index (κ2) is 10.7. The summed E-state index contributed by atoms with van der Waals surface area (Å²) in [6.45, 7) is 7.90.